The predicted octanol–water partition coefficient (Wildman–Crippen LogP) is 2.60. The van der Waals surface area contributed by atoms with E-state index in [-0.39, 0.29) is 6.61 Å². The van der Waals surface area contributed by atoms with Crippen molar-refractivity contribution in [3.8, 4) is 5.75 Å². The van der Waals surface area contributed by atoms with Gasteiger partial charge in [0.25, 0.3) is 5.91 Å². The molecule has 0 aliphatic heterocycles. The summed E-state index contributed by atoms with van der Waals surface area (Å²) in [5.41, 5.74) is 0. The van der Waals surface area contributed by atoms with Crippen LogP contribution in [0.1, 0.15) is 5.82 Å². The molecule has 0 atom stereocenters. The van der Waals surface area contributed by atoms with Crippen molar-refractivity contribution in [1.29, 1.82) is 0 Å². The van der Waals surface area contributed by atoms with Crippen molar-refractivity contribution in [1.82, 2.24) is 15.2 Å². The Bertz CT molecular complexity index is 644. The van der Waals surface area contributed by atoms with Gasteiger partial charge in [0, 0.05) is 4.47 Å². The van der Waals surface area contributed by atoms with Crippen LogP contribution in [0.4, 0.5) is 19.1 Å². The fourth-order valence-electron chi connectivity index (χ4n) is 1.31. The first-order chi connectivity index (χ1) is 9.84. The van der Waals surface area contributed by atoms with Gasteiger partial charge in [0.05, 0.1) is 0 Å². The normalized spacial score (nSPS) is 11.2. The highest BCUT2D eigenvalue weighted by molar-refractivity contribution is 9.10. The number of aromatic nitrogens is 3. The highest BCUT2D eigenvalue weighted by atomic mass is 79.9. The van der Waals surface area contributed by atoms with Gasteiger partial charge in [0.1, 0.15) is 5.75 Å². The lowest BCUT2D eigenvalue weighted by Gasteiger charge is -2.05. The predicted molar refractivity (Wildman–Crippen MR) is 69.7 cm³/mol. The molecule has 0 saturated heterocycles. The zero-order chi connectivity index (χ0) is 15.5. The lowest BCUT2D eigenvalue weighted by molar-refractivity contribution is -0.144. The van der Waals surface area contributed by atoms with Crippen LogP contribution in [0.5, 0.6) is 5.75 Å². The summed E-state index contributed by atoms with van der Waals surface area (Å²) in [6.07, 6.45) is -4.65. The van der Waals surface area contributed by atoms with Gasteiger partial charge in [-0.1, -0.05) is 22.0 Å². The van der Waals surface area contributed by atoms with Crippen LogP contribution in [-0.2, 0) is 11.0 Å². The highest BCUT2D eigenvalue weighted by Gasteiger charge is 2.35. The van der Waals surface area contributed by atoms with Gasteiger partial charge in [-0.2, -0.15) is 18.2 Å². The van der Waals surface area contributed by atoms with Gasteiger partial charge in [0.2, 0.25) is 11.8 Å². The number of carbonyl (C=O) groups excluding carboxylic acids is 1. The first-order valence-corrected chi connectivity index (χ1v) is 6.32. The zero-order valence-electron chi connectivity index (χ0n) is 10.2. The molecule has 0 bridgehead atoms. The highest BCUT2D eigenvalue weighted by Crippen LogP contribution is 2.26. The first kappa shape index (κ1) is 15.3. The number of nitrogens with one attached hydrogen (secondary N) is 2. The standard InChI is InChI=1S/C11H8BrF3N4O2/c12-6-2-1-3-7(4-6)21-5-8(20)16-10-17-9(18-19-10)11(13,14)15/h1-4H,5H2,(H2,16,17,18,19,20). The molecule has 21 heavy (non-hydrogen) atoms. The van der Waals surface area contributed by atoms with E-state index in [2.05, 4.69) is 31.3 Å². The Morgan fingerprint density at radius 1 is 1.43 bits per heavy atom. The molecule has 0 aliphatic carbocycles. The van der Waals surface area contributed by atoms with E-state index in [1.807, 2.05) is 0 Å². The molecule has 6 nitrogen and oxygen atoms in total. The number of hydrogen-bond donors (Lipinski definition) is 2. The van der Waals surface area contributed by atoms with Crippen LogP contribution in [0, 0.1) is 0 Å². The first-order valence-electron chi connectivity index (χ1n) is 5.52. The Morgan fingerprint density at radius 3 is 2.81 bits per heavy atom. The summed E-state index contributed by atoms with van der Waals surface area (Å²) >= 11 is 3.23. The SMILES string of the molecule is O=C(COc1cccc(Br)c1)Nc1n[nH]c(C(F)(F)F)n1. The van der Waals surface area contributed by atoms with Crippen molar-refractivity contribution in [2.75, 3.05) is 11.9 Å². The molecule has 2 N–H and O–H groups in total. The Hall–Kier alpha value is -2.10. The smallest absolute Gasteiger partial charge is 0.451 e. The van der Waals surface area contributed by atoms with E-state index in [0.29, 0.717) is 5.75 Å². The molecule has 0 spiro atoms. The van der Waals surface area contributed by atoms with Gasteiger partial charge in [-0.3, -0.25) is 15.2 Å². The molecule has 2 aromatic rings. The molecule has 10 heteroatoms. The third kappa shape index (κ3) is 4.45. The Balaban J connectivity index is 1.89. The maximum absolute atomic E-state index is 12.3. The number of carbonyl (C=O) groups is 1. The quantitative estimate of drug-likeness (QED) is 0.873. The second kappa shape index (κ2) is 6.12. The number of rotatable bonds is 4. The molecule has 0 unspecified atom stereocenters. The van der Waals surface area contributed by atoms with E-state index in [9.17, 15) is 18.0 Å². The fraction of sp³-hybridized carbons (Fsp3) is 0.182. The number of hydrogen-bond acceptors (Lipinski definition) is 4. The minimum absolute atomic E-state index is 0.383. The van der Waals surface area contributed by atoms with Crippen LogP contribution in [0.2, 0.25) is 0 Å². The van der Waals surface area contributed by atoms with Crippen molar-refractivity contribution in [2.24, 2.45) is 0 Å². The summed E-state index contributed by atoms with van der Waals surface area (Å²) in [4.78, 5) is 14.6. The molecule has 1 amide bonds. The summed E-state index contributed by atoms with van der Waals surface area (Å²) in [6.45, 7) is -0.383. The Kier molecular flexibility index (Phi) is 4.46. The van der Waals surface area contributed by atoms with Crippen molar-refractivity contribution >= 4 is 27.8 Å². The third-order valence-corrected chi connectivity index (χ3v) is 2.66. The zero-order valence-corrected chi connectivity index (χ0v) is 11.8. The monoisotopic (exact) mass is 364 g/mol. The number of halogens is 4. The second-order valence-corrected chi connectivity index (χ2v) is 4.72. The largest absolute Gasteiger partial charge is 0.484 e. The fourth-order valence-corrected chi connectivity index (χ4v) is 1.69. The number of aromatic amines is 1. The van der Waals surface area contributed by atoms with Crippen LogP contribution in [0.15, 0.2) is 28.7 Å². The molecular weight excluding hydrogens is 357 g/mol. The molecule has 2 rings (SSSR count). The van der Waals surface area contributed by atoms with Crippen LogP contribution in [0.3, 0.4) is 0 Å². The van der Waals surface area contributed by atoms with E-state index in [0.717, 1.165) is 4.47 Å². The molecule has 1 aromatic heterocycles. The third-order valence-electron chi connectivity index (χ3n) is 2.17. The molecule has 0 saturated carbocycles. The van der Waals surface area contributed by atoms with Gasteiger partial charge in [0.15, 0.2) is 6.61 Å². The average Bonchev–Trinajstić information content (AvgIpc) is 2.85. The summed E-state index contributed by atoms with van der Waals surface area (Å²) in [5, 5.41) is 7.02. The molecular formula is C11H8BrF3N4O2. The second-order valence-electron chi connectivity index (χ2n) is 3.80. The lowest BCUT2D eigenvalue weighted by atomic mass is 10.3. The number of H-pyrrole nitrogens is 1. The maximum Gasteiger partial charge on any atom is 0.451 e. The number of amides is 1. The molecule has 1 heterocycles. The van der Waals surface area contributed by atoms with Gasteiger partial charge in [-0.15, -0.1) is 5.10 Å². The molecule has 0 aliphatic rings. The van der Waals surface area contributed by atoms with Gasteiger partial charge >= 0.3 is 6.18 Å². The number of anilines is 1. The van der Waals surface area contributed by atoms with E-state index >= 15 is 0 Å². The van der Waals surface area contributed by atoms with E-state index in [1.54, 1.807) is 29.4 Å². The van der Waals surface area contributed by atoms with Crippen LogP contribution < -0.4 is 10.1 Å². The molecule has 0 radical (unpaired) electrons. The molecule has 112 valence electrons. The summed E-state index contributed by atoms with van der Waals surface area (Å²) < 4.78 is 42.7. The Morgan fingerprint density at radius 2 is 2.19 bits per heavy atom. The van der Waals surface area contributed by atoms with Crippen LogP contribution in [0.25, 0.3) is 0 Å². The topological polar surface area (TPSA) is 79.9 Å². The van der Waals surface area contributed by atoms with Crippen molar-refractivity contribution in [3.63, 3.8) is 0 Å². The minimum Gasteiger partial charge on any atom is -0.484 e. The van der Waals surface area contributed by atoms with E-state index in [1.165, 1.54) is 0 Å². The van der Waals surface area contributed by atoms with Crippen LogP contribution >= 0.6 is 15.9 Å². The Labute approximate surface area is 124 Å². The summed E-state index contributed by atoms with van der Waals surface area (Å²) in [6, 6.07) is 6.76. The molecule has 0 fully saturated rings. The van der Waals surface area contributed by atoms with Crippen molar-refractivity contribution in [2.45, 2.75) is 6.18 Å². The number of nitrogens with zero attached hydrogens (tertiary/aromatic N) is 2. The van der Waals surface area contributed by atoms with Crippen LogP contribution in [-0.4, -0.2) is 27.7 Å². The number of alkyl halides is 3. The lowest BCUT2D eigenvalue weighted by Crippen LogP contribution is -2.21. The van der Waals surface area contributed by atoms with E-state index in [4.69, 9.17) is 4.74 Å². The average molecular weight is 365 g/mol. The van der Waals surface area contributed by atoms with Crippen molar-refractivity contribution < 1.29 is 22.7 Å². The van der Waals surface area contributed by atoms with Gasteiger partial charge in [-0.25, -0.2) is 0 Å². The minimum atomic E-state index is -4.65. The summed E-state index contributed by atoms with van der Waals surface area (Å²) in [7, 11) is 0. The number of ether oxygens (including phenoxy) is 1. The maximum atomic E-state index is 12.3. The van der Waals surface area contributed by atoms with Gasteiger partial charge in [-0.05, 0) is 18.2 Å². The van der Waals surface area contributed by atoms with Gasteiger partial charge < -0.3 is 4.74 Å². The van der Waals surface area contributed by atoms with Crippen molar-refractivity contribution in [3.05, 3.63) is 34.6 Å². The number of benzene rings is 1. The van der Waals surface area contributed by atoms with E-state index < -0.39 is 23.9 Å². The summed E-state index contributed by atoms with van der Waals surface area (Å²) in [5.74, 6) is -2.00. The molecule has 1 aromatic carbocycles.